The van der Waals surface area contributed by atoms with Crippen LogP contribution in [0.15, 0.2) is 77.1 Å². The molecule has 0 saturated carbocycles. The van der Waals surface area contributed by atoms with Gasteiger partial charge in [0.05, 0.1) is 16.3 Å². The van der Waals surface area contributed by atoms with Crippen LogP contribution < -0.4 is 5.32 Å². The summed E-state index contributed by atoms with van der Waals surface area (Å²) >= 11 is 1.61. The molecule has 0 fully saturated rings. The number of hydrogen-bond acceptors (Lipinski definition) is 3. The Labute approximate surface area is 144 Å². The van der Waals surface area contributed by atoms with Crippen LogP contribution in [0, 0.1) is 0 Å². The monoisotopic (exact) mass is 332 g/mol. The maximum absolute atomic E-state index is 12.6. The number of fused-ring (bicyclic) bond motifs is 1. The predicted octanol–water partition coefficient (Wildman–Crippen LogP) is 4.15. The maximum Gasteiger partial charge on any atom is 0.249 e. The first kappa shape index (κ1) is 14.8. The zero-order valence-electron chi connectivity index (χ0n) is 13.0. The molecule has 1 aliphatic heterocycles. The smallest absolute Gasteiger partial charge is 0.249 e. The van der Waals surface area contributed by atoms with Crippen molar-refractivity contribution in [3.63, 3.8) is 0 Å². The van der Waals surface area contributed by atoms with E-state index in [1.165, 1.54) is 0 Å². The molecule has 0 radical (unpaired) electrons. The average Bonchev–Trinajstić information content (AvgIpc) is 3.03. The largest absolute Gasteiger partial charge is 0.323 e. The zero-order valence-corrected chi connectivity index (χ0v) is 13.8. The van der Waals surface area contributed by atoms with Gasteiger partial charge >= 0.3 is 0 Å². The van der Waals surface area contributed by atoms with Crippen LogP contribution in [0.1, 0.15) is 16.0 Å². The highest BCUT2D eigenvalue weighted by Gasteiger charge is 2.26. The Morgan fingerprint density at radius 2 is 1.67 bits per heavy atom. The van der Waals surface area contributed by atoms with Crippen LogP contribution in [0.25, 0.3) is 0 Å². The van der Waals surface area contributed by atoms with Crippen molar-refractivity contribution in [1.82, 2.24) is 0 Å². The minimum Gasteiger partial charge on any atom is -0.323 e. The Morgan fingerprint density at radius 1 is 0.958 bits per heavy atom. The summed E-state index contributed by atoms with van der Waals surface area (Å²) in [5.41, 5.74) is 3.89. The van der Waals surface area contributed by atoms with Crippen molar-refractivity contribution >= 4 is 28.6 Å². The average molecular weight is 332 g/mol. The normalized spacial score (nSPS) is 16.8. The lowest BCUT2D eigenvalue weighted by molar-refractivity contribution is -0.117. The van der Waals surface area contributed by atoms with Gasteiger partial charge in [-0.25, -0.2) is 0 Å². The summed E-state index contributed by atoms with van der Waals surface area (Å²) in [6.07, 6.45) is 0.595. The predicted molar refractivity (Wildman–Crippen MR) is 99.0 cm³/mol. The number of carbonyl (C=O) groups excluding carboxylic acids is 1. The van der Waals surface area contributed by atoms with Gasteiger partial charge in [0.15, 0.2) is 0 Å². The number of nitrogens with one attached hydrogen (secondary N) is 1. The molecule has 1 atom stereocenters. The molecule has 0 spiro atoms. The van der Waals surface area contributed by atoms with Gasteiger partial charge in [0.1, 0.15) is 6.04 Å². The number of carbonyl (C=O) groups is 1. The number of benzene rings is 2. The quantitative estimate of drug-likeness (QED) is 0.769. The molecule has 24 heavy (non-hydrogen) atoms. The Hall–Kier alpha value is -2.72. The lowest BCUT2D eigenvalue weighted by Crippen LogP contribution is -2.27. The molecule has 3 aromatic rings. The molecular formula is C20H16N2OS. The van der Waals surface area contributed by atoms with E-state index in [2.05, 4.69) is 5.32 Å². The molecule has 1 amide bonds. The molecule has 0 unspecified atom stereocenters. The first-order chi connectivity index (χ1) is 11.8. The van der Waals surface area contributed by atoms with Crippen molar-refractivity contribution in [2.24, 2.45) is 4.99 Å². The van der Waals surface area contributed by atoms with Gasteiger partial charge < -0.3 is 5.32 Å². The summed E-state index contributed by atoms with van der Waals surface area (Å²) in [6.45, 7) is 0. The van der Waals surface area contributed by atoms with Crippen molar-refractivity contribution in [2.45, 2.75) is 12.5 Å². The molecule has 1 aliphatic rings. The van der Waals surface area contributed by atoms with Crippen LogP contribution in [0.4, 0.5) is 5.69 Å². The highest BCUT2D eigenvalue weighted by Crippen LogP contribution is 2.29. The van der Waals surface area contributed by atoms with Gasteiger partial charge in [-0.15, -0.1) is 11.3 Å². The molecule has 4 heteroatoms. The van der Waals surface area contributed by atoms with Crippen LogP contribution in [0.2, 0.25) is 0 Å². The van der Waals surface area contributed by atoms with E-state index in [9.17, 15) is 4.79 Å². The Balaban J connectivity index is 1.78. The van der Waals surface area contributed by atoms with Crippen molar-refractivity contribution in [3.8, 4) is 0 Å². The van der Waals surface area contributed by atoms with Crippen LogP contribution >= 0.6 is 11.3 Å². The molecule has 1 N–H and O–H groups in total. The number of amides is 1. The lowest BCUT2D eigenvalue weighted by atomic mass is 10.0. The van der Waals surface area contributed by atoms with Gasteiger partial charge in [0.2, 0.25) is 5.91 Å². The van der Waals surface area contributed by atoms with E-state index >= 15 is 0 Å². The molecule has 0 saturated heterocycles. The number of thiophene rings is 1. The SMILES string of the molecule is O=C1Nc2ccsc2C(c2ccccc2)=N[C@H]1Cc1ccccc1. The summed E-state index contributed by atoms with van der Waals surface area (Å²) in [6, 6.07) is 21.6. The molecule has 1 aromatic heterocycles. The molecule has 118 valence electrons. The van der Waals surface area contributed by atoms with E-state index in [4.69, 9.17) is 4.99 Å². The third kappa shape index (κ3) is 2.88. The lowest BCUT2D eigenvalue weighted by Gasteiger charge is -2.11. The highest BCUT2D eigenvalue weighted by molar-refractivity contribution is 7.13. The molecule has 4 rings (SSSR count). The number of aliphatic imine (C=N–C) groups is 1. The van der Waals surface area contributed by atoms with Gasteiger partial charge in [-0.2, -0.15) is 0 Å². The Kier molecular flexibility index (Phi) is 3.97. The number of anilines is 1. The third-order valence-corrected chi connectivity index (χ3v) is 4.97. The second kappa shape index (κ2) is 6.42. The van der Waals surface area contributed by atoms with E-state index in [-0.39, 0.29) is 5.91 Å². The van der Waals surface area contributed by atoms with Crippen molar-refractivity contribution in [1.29, 1.82) is 0 Å². The fourth-order valence-electron chi connectivity index (χ4n) is 2.86. The molecule has 2 aromatic carbocycles. The minimum atomic E-state index is -0.429. The van der Waals surface area contributed by atoms with Gasteiger partial charge in [-0.3, -0.25) is 9.79 Å². The molecule has 2 heterocycles. The Morgan fingerprint density at radius 3 is 2.42 bits per heavy atom. The standard InChI is InChI=1S/C20H16N2OS/c23-20-17(13-14-7-3-1-4-8-14)21-18(15-9-5-2-6-10-15)19-16(22-20)11-12-24-19/h1-12,17H,13H2,(H,22,23)/t17-/m0/s1. The van der Waals surface area contributed by atoms with Gasteiger partial charge in [0, 0.05) is 12.0 Å². The fourth-order valence-corrected chi connectivity index (χ4v) is 3.73. The number of rotatable bonds is 3. The first-order valence-electron chi connectivity index (χ1n) is 7.87. The van der Waals surface area contributed by atoms with E-state index in [0.29, 0.717) is 6.42 Å². The molecular weight excluding hydrogens is 316 g/mol. The topological polar surface area (TPSA) is 41.5 Å². The van der Waals surface area contributed by atoms with E-state index in [1.54, 1.807) is 11.3 Å². The summed E-state index contributed by atoms with van der Waals surface area (Å²) in [7, 11) is 0. The van der Waals surface area contributed by atoms with Gasteiger partial charge in [-0.05, 0) is 17.0 Å². The molecule has 0 aliphatic carbocycles. The summed E-state index contributed by atoms with van der Waals surface area (Å²) in [5, 5.41) is 5.02. The van der Waals surface area contributed by atoms with Crippen LogP contribution in [0.3, 0.4) is 0 Å². The zero-order chi connectivity index (χ0) is 16.4. The van der Waals surface area contributed by atoms with Gasteiger partial charge in [0.25, 0.3) is 0 Å². The summed E-state index contributed by atoms with van der Waals surface area (Å²) in [5.74, 6) is -0.0514. The van der Waals surface area contributed by atoms with Crippen molar-refractivity contribution in [3.05, 3.63) is 88.1 Å². The second-order valence-electron chi connectivity index (χ2n) is 5.70. The summed E-state index contributed by atoms with van der Waals surface area (Å²) < 4.78 is 0. The number of nitrogens with zero attached hydrogens (tertiary/aromatic N) is 1. The fraction of sp³-hybridized carbons (Fsp3) is 0.100. The van der Waals surface area contributed by atoms with Crippen LogP contribution in [-0.2, 0) is 11.2 Å². The Bertz CT molecular complexity index is 884. The third-order valence-electron chi connectivity index (χ3n) is 4.04. The van der Waals surface area contributed by atoms with E-state index < -0.39 is 6.04 Å². The van der Waals surface area contributed by atoms with Crippen LogP contribution in [0.5, 0.6) is 0 Å². The van der Waals surface area contributed by atoms with Crippen molar-refractivity contribution in [2.75, 3.05) is 5.32 Å². The van der Waals surface area contributed by atoms with Crippen LogP contribution in [-0.4, -0.2) is 17.7 Å². The highest BCUT2D eigenvalue weighted by atomic mass is 32.1. The minimum absolute atomic E-state index is 0.0514. The van der Waals surface area contributed by atoms with E-state index in [1.807, 2.05) is 72.1 Å². The maximum atomic E-state index is 12.6. The second-order valence-corrected chi connectivity index (χ2v) is 6.62. The van der Waals surface area contributed by atoms with E-state index in [0.717, 1.165) is 27.4 Å². The number of hydrogen-bond donors (Lipinski definition) is 1. The molecule has 0 bridgehead atoms. The molecule has 3 nitrogen and oxygen atoms in total. The van der Waals surface area contributed by atoms with Crippen molar-refractivity contribution < 1.29 is 4.79 Å². The summed E-state index contributed by atoms with van der Waals surface area (Å²) in [4.78, 5) is 18.5. The first-order valence-corrected chi connectivity index (χ1v) is 8.75. The van der Waals surface area contributed by atoms with Gasteiger partial charge in [-0.1, -0.05) is 60.7 Å².